The molecule has 0 spiro atoms. The molecule has 1 N–H and O–H groups in total. The predicted molar refractivity (Wildman–Crippen MR) is 72.0 cm³/mol. The monoisotopic (exact) mass is 237 g/mol. The zero-order valence-corrected chi connectivity index (χ0v) is 11.1. The first kappa shape index (κ1) is 12.1. The van der Waals surface area contributed by atoms with Crippen LogP contribution in [0.15, 0.2) is 11.4 Å². The molecule has 1 aromatic rings. The van der Waals surface area contributed by atoms with E-state index in [1.54, 1.807) is 0 Å². The Labute approximate surface area is 103 Å². The maximum absolute atomic E-state index is 3.64. The lowest BCUT2D eigenvalue weighted by molar-refractivity contribution is 0.425. The van der Waals surface area contributed by atoms with Gasteiger partial charge in [0.25, 0.3) is 0 Å². The summed E-state index contributed by atoms with van der Waals surface area (Å²) < 4.78 is 0. The summed E-state index contributed by atoms with van der Waals surface area (Å²) >= 11 is 1.88. The maximum Gasteiger partial charge on any atom is 0.0302 e. The van der Waals surface area contributed by atoms with E-state index in [2.05, 4.69) is 23.7 Å². The van der Waals surface area contributed by atoms with Gasteiger partial charge in [0.15, 0.2) is 0 Å². The van der Waals surface area contributed by atoms with Gasteiger partial charge in [0, 0.05) is 11.4 Å². The number of thiophene rings is 1. The highest BCUT2D eigenvalue weighted by molar-refractivity contribution is 7.10. The Bertz CT molecular complexity index is 297. The zero-order chi connectivity index (χ0) is 11.2. The van der Waals surface area contributed by atoms with Crippen molar-refractivity contribution < 1.29 is 0 Å². The van der Waals surface area contributed by atoms with E-state index < -0.39 is 0 Å². The third kappa shape index (κ3) is 3.60. The van der Waals surface area contributed by atoms with Gasteiger partial charge in [-0.25, -0.2) is 0 Å². The Hall–Kier alpha value is -0.340. The van der Waals surface area contributed by atoms with Crippen LogP contribution in [0.5, 0.6) is 0 Å². The number of rotatable bonds is 4. The van der Waals surface area contributed by atoms with Gasteiger partial charge in [0.05, 0.1) is 0 Å². The van der Waals surface area contributed by atoms with Gasteiger partial charge in [-0.15, -0.1) is 11.3 Å². The van der Waals surface area contributed by atoms with Crippen LogP contribution in [0.2, 0.25) is 0 Å². The molecule has 0 unspecified atom stereocenters. The summed E-state index contributed by atoms with van der Waals surface area (Å²) in [6.45, 7) is 4.50. The van der Waals surface area contributed by atoms with Crippen LogP contribution < -0.4 is 5.32 Å². The number of hydrogen-bond donors (Lipinski definition) is 1. The molecule has 0 atom stereocenters. The average molecular weight is 237 g/mol. The molecule has 0 saturated heterocycles. The van der Waals surface area contributed by atoms with Gasteiger partial charge in [-0.1, -0.05) is 25.7 Å². The molecule has 1 fully saturated rings. The van der Waals surface area contributed by atoms with Crippen LogP contribution in [0, 0.1) is 12.8 Å². The second kappa shape index (κ2) is 6.41. The third-order valence-corrected chi connectivity index (χ3v) is 4.68. The highest BCUT2D eigenvalue weighted by atomic mass is 32.1. The molecule has 2 heteroatoms. The van der Waals surface area contributed by atoms with Crippen molar-refractivity contribution >= 4 is 11.3 Å². The van der Waals surface area contributed by atoms with E-state index in [9.17, 15) is 0 Å². The molecule has 1 aromatic heterocycles. The van der Waals surface area contributed by atoms with Crippen LogP contribution in [-0.2, 0) is 6.54 Å². The molecule has 0 aliphatic heterocycles. The van der Waals surface area contributed by atoms with Gasteiger partial charge in [0.2, 0.25) is 0 Å². The molecular weight excluding hydrogens is 214 g/mol. The van der Waals surface area contributed by atoms with E-state index in [-0.39, 0.29) is 0 Å². The fourth-order valence-electron chi connectivity index (χ4n) is 2.54. The normalized spacial score (nSPS) is 18.6. The van der Waals surface area contributed by atoms with Crippen molar-refractivity contribution in [2.75, 3.05) is 6.54 Å². The first-order chi connectivity index (χ1) is 7.86. The molecule has 2 rings (SSSR count). The molecular formula is C14H23NS. The third-order valence-electron chi connectivity index (χ3n) is 3.66. The van der Waals surface area contributed by atoms with Gasteiger partial charge in [-0.3, -0.25) is 0 Å². The minimum absolute atomic E-state index is 0.933. The van der Waals surface area contributed by atoms with Crippen LogP contribution in [0.1, 0.15) is 49.0 Å². The second-order valence-corrected chi connectivity index (χ2v) is 6.02. The van der Waals surface area contributed by atoms with Crippen molar-refractivity contribution in [1.29, 1.82) is 0 Å². The minimum Gasteiger partial charge on any atom is -0.312 e. The fraction of sp³-hybridized carbons (Fsp3) is 0.714. The lowest BCUT2D eigenvalue weighted by Gasteiger charge is -2.14. The Kier molecular flexibility index (Phi) is 4.86. The van der Waals surface area contributed by atoms with Gasteiger partial charge < -0.3 is 5.32 Å². The summed E-state index contributed by atoms with van der Waals surface area (Å²) in [5.41, 5.74) is 1.44. The van der Waals surface area contributed by atoms with Crippen molar-refractivity contribution in [2.24, 2.45) is 5.92 Å². The van der Waals surface area contributed by atoms with E-state index >= 15 is 0 Å². The van der Waals surface area contributed by atoms with Gasteiger partial charge in [-0.05, 0) is 49.2 Å². The molecule has 1 aliphatic carbocycles. The van der Waals surface area contributed by atoms with Crippen LogP contribution in [-0.4, -0.2) is 6.54 Å². The fourth-order valence-corrected chi connectivity index (χ4v) is 3.42. The molecule has 0 amide bonds. The van der Waals surface area contributed by atoms with Gasteiger partial charge in [0.1, 0.15) is 0 Å². The molecule has 0 aromatic carbocycles. The Morgan fingerprint density at radius 1 is 1.25 bits per heavy atom. The number of hydrogen-bond acceptors (Lipinski definition) is 2. The molecule has 0 radical (unpaired) electrons. The molecule has 0 bridgehead atoms. The summed E-state index contributed by atoms with van der Waals surface area (Å²) in [5, 5.41) is 5.83. The molecule has 1 aliphatic rings. The highest BCUT2D eigenvalue weighted by Gasteiger charge is 2.11. The van der Waals surface area contributed by atoms with E-state index in [0.29, 0.717) is 0 Å². The molecule has 1 heterocycles. The van der Waals surface area contributed by atoms with Crippen LogP contribution in [0.3, 0.4) is 0 Å². The SMILES string of the molecule is Cc1ccsc1CNCC1CCCCCC1. The van der Waals surface area contributed by atoms with E-state index in [1.807, 2.05) is 11.3 Å². The Morgan fingerprint density at radius 3 is 2.62 bits per heavy atom. The van der Waals surface area contributed by atoms with Gasteiger partial charge in [-0.2, -0.15) is 0 Å². The molecule has 16 heavy (non-hydrogen) atoms. The standard InChI is InChI=1S/C14H23NS/c1-12-8-9-16-14(12)11-15-10-13-6-4-2-3-5-7-13/h8-9,13,15H,2-7,10-11H2,1H3. The van der Waals surface area contributed by atoms with Crippen molar-refractivity contribution in [2.45, 2.75) is 52.0 Å². The van der Waals surface area contributed by atoms with Crippen molar-refractivity contribution in [3.8, 4) is 0 Å². The first-order valence-corrected chi connectivity index (χ1v) is 7.48. The van der Waals surface area contributed by atoms with Crippen molar-refractivity contribution in [3.05, 3.63) is 21.9 Å². The first-order valence-electron chi connectivity index (χ1n) is 6.60. The van der Waals surface area contributed by atoms with Crippen LogP contribution >= 0.6 is 11.3 Å². The maximum atomic E-state index is 3.64. The minimum atomic E-state index is 0.933. The largest absolute Gasteiger partial charge is 0.312 e. The summed E-state index contributed by atoms with van der Waals surface area (Å²) in [5.74, 6) is 0.933. The summed E-state index contributed by atoms with van der Waals surface area (Å²) in [6, 6.07) is 2.22. The average Bonchev–Trinajstić information content (AvgIpc) is 2.55. The lowest BCUT2D eigenvalue weighted by atomic mass is 10.0. The van der Waals surface area contributed by atoms with Crippen molar-refractivity contribution in [3.63, 3.8) is 0 Å². The lowest BCUT2D eigenvalue weighted by Crippen LogP contribution is -2.22. The highest BCUT2D eigenvalue weighted by Crippen LogP contribution is 2.22. The van der Waals surface area contributed by atoms with Crippen LogP contribution in [0.4, 0.5) is 0 Å². The topological polar surface area (TPSA) is 12.0 Å². The van der Waals surface area contributed by atoms with Crippen LogP contribution in [0.25, 0.3) is 0 Å². The smallest absolute Gasteiger partial charge is 0.0302 e. The molecule has 90 valence electrons. The van der Waals surface area contributed by atoms with Crippen molar-refractivity contribution in [1.82, 2.24) is 5.32 Å². The summed E-state index contributed by atoms with van der Waals surface area (Å²) in [6.07, 6.45) is 8.70. The predicted octanol–water partition coefficient (Wildman–Crippen LogP) is 4.12. The second-order valence-electron chi connectivity index (χ2n) is 5.02. The Balaban J connectivity index is 1.69. The van der Waals surface area contributed by atoms with Gasteiger partial charge >= 0.3 is 0 Å². The quantitative estimate of drug-likeness (QED) is 0.777. The zero-order valence-electron chi connectivity index (χ0n) is 10.3. The van der Waals surface area contributed by atoms with E-state index in [0.717, 1.165) is 12.5 Å². The van der Waals surface area contributed by atoms with E-state index in [4.69, 9.17) is 0 Å². The van der Waals surface area contributed by atoms with E-state index in [1.165, 1.54) is 55.5 Å². The summed E-state index contributed by atoms with van der Waals surface area (Å²) in [4.78, 5) is 1.51. The number of aryl methyl sites for hydroxylation is 1. The molecule has 1 saturated carbocycles. The number of nitrogens with one attached hydrogen (secondary N) is 1. The summed E-state index contributed by atoms with van der Waals surface area (Å²) in [7, 11) is 0. The Morgan fingerprint density at radius 2 is 2.00 bits per heavy atom. The molecule has 1 nitrogen and oxygen atoms in total.